The van der Waals surface area contributed by atoms with Gasteiger partial charge in [0.15, 0.2) is 0 Å². The van der Waals surface area contributed by atoms with Crippen LogP contribution in [0.3, 0.4) is 0 Å². The maximum atomic E-state index is 13.6. The SMILES string of the molecule is CN(C(=O)OC(C)(C)C)C1(c2nc3ccccc3n2C(=O)OC(C)(C)C)CCN(C(=O)OC(C)(C)C)CC1.CNC1(c2nc3ccccc3[nH]2)CCNCC1. The lowest BCUT2D eigenvalue weighted by atomic mass is 9.85. The number of likely N-dealkylation sites (tertiary alicyclic amines) is 1. The summed E-state index contributed by atoms with van der Waals surface area (Å²) in [6.07, 6.45) is 1.21. The third-order valence-corrected chi connectivity index (χ3v) is 9.88. The van der Waals surface area contributed by atoms with Gasteiger partial charge in [0.2, 0.25) is 0 Å². The molecule has 2 saturated heterocycles. The average molecular weight is 761 g/mol. The number of aromatic amines is 1. The molecule has 2 fully saturated rings. The van der Waals surface area contributed by atoms with E-state index in [4.69, 9.17) is 24.2 Å². The molecular formula is C41H60N8O6. The highest BCUT2D eigenvalue weighted by Crippen LogP contribution is 2.41. The molecule has 2 aromatic carbocycles. The molecule has 14 heteroatoms. The van der Waals surface area contributed by atoms with Gasteiger partial charge in [0.05, 0.1) is 27.6 Å². The molecule has 300 valence electrons. The van der Waals surface area contributed by atoms with Crippen molar-refractivity contribution in [2.45, 2.75) is 116 Å². The zero-order chi connectivity index (χ0) is 40.4. The quantitative estimate of drug-likeness (QED) is 0.181. The molecule has 2 aliphatic heterocycles. The molecule has 0 saturated carbocycles. The maximum absolute atomic E-state index is 13.6. The van der Waals surface area contributed by atoms with Crippen molar-refractivity contribution >= 4 is 40.3 Å². The van der Waals surface area contributed by atoms with Gasteiger partial charge in [-0.15, -0.1) is 0 Å². The number of carbonyl (C=O) groups is 3. The molecule has 0 unspecified atom stereocenters. The van der Waals surface area contributed by atoms with E-state index in [1.165, 1.54) is 9.47 Å². The second-order valence-corrected chi connectivity index (χ2v) is 17.5. The zero-order valence-electron chi connectivity index (χ0n) is 34.5. The lowest BCUT2D eigenvalue weighted by Gasteiger charge is -2.46. The second-order valence-electron chi connectivity index (χ2n) is 17.5. The molecule has 3 N–H and O–H groups in total. The predicted octanol–water partition coefficient (Wildman–Crippen LogP) is 7.27. The molecule has 2 aromatic heterocycles. The predicted molar refractivity (Wildman–Crippen MR) is 213 cm³/mol. The molecule has 55 heavy (non-hydrogen) atoms. The van der Waals surface area contributed by atoms with Crippen molar-refractivity contribution in [2.75, 3.05) is 40.3 Å². The number of nitrogens with one attached hydrogen (secondary N) is 3. The van der Waals surface area contributed by atoms with Crippen LogP contribution in [0.5, 0.6) is 0 Å². The number of carbonyl (C=O) groups excluding carboxylic acids is 3. The Morgan fingerprint density at radius 1 is 0.745 bits per heavy atom. The van der Waals surface area contributed by atoms with Crippen LogP contribution in [0.1, 0.15) is 99.6 Å². The number of aromatic nitrogens is 4. The number of fused-ring (bicyclic) bond motifs is 2. The Morgan fingerprint density at radius 3 is 1.85 bits per heavy atom. The minimum absolute atomic E-state index is 0.00424. The fourth-order valence-electron chi connectivity index (χ4n) is 7.07. The summed E-state index contributed by atoms with van der Waals surface area (Å²) < 4.78 is 18.5. The van der Waals surface area contributed by atoms with E-state index in [0.29, 0.717) is 42.8 Å². The topological polar surface area (TPSA) is 156 Å². The minimum atomic E-state index is -1.06. The van der Waals surface area contributed by atoms with Gasteiger partial charge in [-0.3, -0.25) is 4.90 Å². The van der Waals surface area contributed by atoms with Gasteiger partial charge in [-0.1, -0.05) is 24.3 Å². The van der Waals surface area contributed by atoms with Crippen molar-refractivity contribution in [3.63, 3.8) is 0 Å². The summed E-state index contributed by atoms with van der Waals surface area (Å²) in [7, 11) is 3.68. The standard InChI is InChI=1S/C28H42N4O6.C13H18N4/c1-25(2,3)36-22(33)30(10)28(15-17-31(18-16-28)23(34)37-26(4,5)6)21-29-19-13-11-12-14-20(19)32(21)24(35)38-27(7,8)9;1-14-13(6-8-15-9-7-13)12-16-10-4-2-3-5-11(10)17-12/h11-14H,15-18H2,1-10H3;2-5,14-15H,6-9H2,1H3,(H,16,17). The van der Waals surface area contributed by atoms with Gasteiger partial charge < -0.3 is 34.7 Å². The van der Waals surface area contributed by atoms with E-state index in [0.717, 1.165) is 42.8 Å². The number of nitrogens with zero attached hydrogens (tertiary/aromatic N) is 5. The van der Waals surface area contributed by atoms with Gasteiger partial charge in [-0.25, -0.2) is 28.9 Å². The van der Waals surface area contributed by atoms with E-state index in [2.05, 4.69) is 27.8 Å². The van der Waals surface area contributed by atoms with Crippen molar-refractivity contribution in [3.8, 4) is 0 Å². The fraction of sp³-hybridized carbons (Fsp3) is 0.585. The number of amides is 2. The van der Waals surface area contributed by atoms with Crippen molar-refractivity contribution in [3.05, 3.63) is 60.2 Å². The highest BCUT2D eigenvalue weighted by atomic mass is 16.6. The number of rotatable bonds is 4. The summed E-state index contributed by atoms with van der Waals surface area (Å²) >= 11 is 0. The normalized spacial score (nSPS) is 17.3. The van der Waals surface area contributed by atoms with Crippen molar-refractivity contribution in [1.29, 1.82) is 0 Å². The van der Waals surface area contributed by atoms with Crippen molar-refractivity contribution in [1.82, 2.24) is 40.0 Å². The minimum Gasteiger partial charge on any atom is -0.444 e. The molecule has 0 bridgehead atoms. The second kappa shape index (κ2) is 15.8. The molecule has 2 aliphatic rings. The van der Waals surface area contributed by atoms with Crippen LogP contribution in [0, 0.1) is 0 Å². The lowest BCUT2D eigenvalue weighted by Crippen LogP contribution is -2.57. The van der Waals surface area contributed by atoms with Gasteiger partial charge >= 0.3 is 18.3 Å². The number of hydrogen-bond acceptors (Lipinski definition) is 10. The summed E-state index contributed by atoms with van der Waals surface area (Å²) in [6, 6.07) is 15.5. The third kappa shape index (κ3) is 9.58. The highest BCUT2D eigenvalue weighted by molar-refractivity contribution is 5.88. The van der Waals surface area contributed by atoms with E-state index >= 15 is 0 Å². The van der Waals surface area contributed by atoms with Gasteiger partial charge in [0.1, 0.15) is 34.0 Å². The molecule has 14 nitrogen and oxygen atoms in total. The molecule has 0 radical (unpaired) electrons. The lowest BCUT2D eigenvalue weighted by molar-refractivity contribution is -0.0248. The first kappa shape index (κ1) is 41.5. The number of piperidine rings is 2. The number of imidazole rings is 2. The number of H-pyrrole nitrogens is 1. The van der Waals surface area contributed by atoms with Gasteiger partial charge in [0.25, 0.3) is 0 Å². The Labute approximate surface area is 324 Å². The summed E-state index contributed by atoms with van der Waals surface area (Å²) in [5.74, 6) is 1.44. The molecule has 0 atom stereocenters. The monoisotopic (exact) mass is 760 g/mol. The highest BCUT2D eigenvalue weighted by Gasteiger charge is 2.49. The Balaban J connectivity index is 0.000000281. The third-order valence-electron chi connectivity index (χ3n) is 9.88. The number of para-hydroxylation sites is 4. The molecule has 6 rings (SSSR count). The van der Waals surface area contributed by atoms with E-state index in [1.807, 2.05) is 58.2 Å². The Morgan fingerprint density at radius 2 is 1.29 bits per heavy atom. The Hall–Kier alpha value is -4.69. The van der Waals surface area contributed by atoms with Crippen molar-refractivity contribution < 1.29 is 28.6 Å². The summed E-state index contributed by atoms with van der Waals surface area (Å²) in [6.45, 7) is 18.9. The van der Waals surface area contributed by atoms with Crippen LogP contribution in [0.2, 0.25) is 0 Å². The summed E-state index contributed by atoms with van der Waals surface area (Å²) in [4.78, 5) is 56.0. The van der Waals surface area contributed by atoms with Crippen molar-refractivity contribution in [2.24, 2.45) is 0 Å². The number of ether oxygens (including phenoxy) is 3. The van der Waals surface area contributed by atoms with Crippen LogP contribution < -0.4 is 10.6 Å². The van der Waals surface area contributed by atoms with Crippen LogP contribution in [-0.4, -0.2) is 105 Å². The van der Waals surface area contributed by atoms with E-state index < -0.39 is 40.6 Å². The first-order valence-corrected chi connectivity index (χ1v) is 19.2. The van der Waals surface area contributed by atoms with Crippen LogP contribution in [0.25, 0.3) is 22.1 Å². The van der Waals surface area contributed by atoms with E-state index in [-0.39, 0.29) is 5.54 Å². The number of benzene rings is 2. The number of hydrogen-bond donors (Lipinski definition) is 3. The maximum Gasteiger partial charge on any atom is 0.420 e. The Kier molecular flexibility index (Phi) is 11.9. The average Bonchev–Trinajstić information content (AvgIpc) is 3.73. The molecule has 4 aromatic rings. The first-order valence-electron chi connectivity index (χ1n) is 19.2. The molecular weight excluding hydrogens is 701 g/mol. The van der Waals surface area contributed by atoms with Crippen LogP contribution in [0.4, 0.5) is 14.4 Å². The zero-order valence-corrected chi connectivity index (χ0v) is 34.5. The molecule has 0 spiro atoms. The summed E-state index contributed by atoms with van der Waals surface area (Å²) in [5, 5.41) is 6.86. The summed E-state index contributed by atoms with van der Waals surface area (Å²) in [5.41, 5.74) is 0.179. The van der Waals surface area contributed by atoms with Gasteiger partial charge in [-0.2, -0.15) is 0 Å². The van der Waals surface area contributed by atoms with E-state index in [1.54, 1.807) is 59.6 Å². The van der Waals surface area contributed by atoms with Crippen LogP contribution >= 0.6 is 0 Å². The first-order chi connectivity index (χ1) is 25.7. The van der Waals surface area contributed by atoms with Crippen LogP contribution in [0.15, 0.2) is 48.5 Å². The molecule has 0 aliphatic carbocycles. The Bertz CT molecular complexity index is 1930. The van der Waals surface area contributed by atoms with Crippen LogP contribution in [-0.2, 0) is 25.3 Å². The fourth-order valence-corrected chi connectivity index (χ4v) is 7.07. The smallest absolute Gasteiger partial charge is 0.420 e. The molecule has 4 heterocycles. The van der Waals surface area contributed by atoms with Gasteiger partial charge in [-0.05, 0) is 132 Å². The van der Waals surface area contributed by atoms with Gasteiger partial charge in [0, 0.05) is 20.1 Å². The largest absolute Gasteiger partial charge is 0.444 e. The van der Waals surface area contributed by atoms with E-state index in [9.17, 15) is 14.4 Å². The molecule has 2 amide bonds.